The van der Waals surface area contributed by atoms with Crippen LogP contribution in [0.25, 0.3) is 0 Å². The Labute approximate surface area is 115 Å². The van der Waals surface area contributed by atoms with Crippen LogP contribution in [0, 0.1) is 5.92 Å². The van der Waals surface area contributed by atoms with Gasteiger partial charge in [-0.3, -0.25) is 0 Å². The van der Waals surface area contributed by atoms with Gasteiger partial charge in [-0.2, -0.15) is 0 Å². The molecule has 1 saturated carbocycles. The van der Waals surface area contributed by atoms with Gasteiger partial charge in [-0.25, -0.2) is 9.97 Å². The van der Waals surface area contributed by atoms with Crippen molar-refractivity contribution in [3.8, 4) is 5.75 Å². The molecule has 0 unspecified atom stereocenters. The lowest BCUT2D eigenvalue weighted by Crippen LogP contribution is -2.29. The van der Waals surface area contributed by atoms with Crippen LogP contribution < -0.4 is 15.0 Å². The average Bonchev–Trinajstić information content (AvgIpc) is 3.22. The predicted octanol–water partition coefficient (Wildman–Crippen LogP) is 2.54. The Morgan fingerprint density at radius 3 is 2.68 bits per heavy atom. The summed E-state index contributed by atoms with van der Waals surface area (Å²) in [6.45, 7) is 5.53. The molecule has 2 rings (SSSR count). The fourth-order valence-electron chi connectivity index (χ4n) is 2.18. The first kappa shape index (κ1) is 13.9. The van der Waals surface area contributed by atoms with Crippen molar-refractivity contribution in [2.45, 2.75) is 39.2 Å². The van der Waals surface area contributed by atoms with Crippen LogP contribution in [-0.2, 0) is 0 Å². The highest BCUT2D eigenvalue weighted by Gasteiger charge is 2.32. The van der Waals surface area contributed by atoms with Crippen molar-refractivity contribution in [3.63, 3.8) is 0 Å². The number of nitrogens with one attached hydrogen (secondary N) is 1. The maximum Gasteiger partial charge on any atom is 0.204 e. The van der Waals surface area contributed by atoms with Gasteiger partial charge in [0.2, 0.25) is 5.75 Å². The van der Waals surface area contributed by atoms with E-state index in [9.17, 15) is 0 Å². The van der Waals surface area contributed by atoms with Gasteiger partial charge in [-0.15, -0.1) is 0 Å². The molecule has 106 valence electrons. The molecule has 0 atom stereocenters. The van der Waals surface area contributed by atoms with Crippen LogP contribution in [0.4, 0.5) is 11.6 Å². The third-order valence-corrected chi connectivity index (χ3v) is 3.43. The lowest BCUT2D eigenvalue weighted by Gasteiger charge is -2.26. The van der Waals surface area contributed by atoms with E-state index in [1.165, 1.54) is 19.3 Å². The normalized spacial score (nSPS) is 14.6. The summed E-state index contributed by atoms with van der Waals surface area (Å²) in [7, 11) is 3.53. The molecule has 1 heterocycles. The van der Waals surface area contributed by atoms with E-state index >= 15 is 0 Å². The van der Waals surface area contributed by atoms with Gasteiger partial charge in [0.15, 0.2) is 11.6 Å². The van der Waals surface area contributed by atoms with Gasteiger partial charge in [0.05, 0.1) is 7.11 Å². The molecule has 0 radical (unpaired) electrons. The van der Waals surface area contributed by atoms with Gasteiger partial charge < -0.3 is 15.0 Å². The zero-order valence-corrected chi connectivity index (χ0v) is 12.3. The van der Waals surface area contributed by atoms with Gasteiger partial charge >= 0.3 is 0 Å². The van der Waals surface area contributed by atoms with Crippen molar-refractivity contribution < 1.29 is 4.74 Å². The van der Waals surface area contributed by atoms with Gasteiger partial charge in [-0.1, -0.05) is 13.8 Å². The summed E-state index contributed by atoms with van der Waals surface area (Å²) in [6.07, 6.45) is 5.27. The summed E-state index contributed by atoms with van der Waals surface area (Å²) in [5.41, 5.74) is 0. The van der Waals surface area contributed by atoms with Gasteiger partial charge in [0.1, 0.15) is 6.33 Å². The maximum atomic E-state index is 5.50. The van der Waals surface area contributed by atoms with E-state index in [2.05, 4.69) is 34.0 Å². The highest BCUT2D eigenvalue weighted by atomic mass is 16.5. The van der Waals surface area contributed by atoms with Crippen LogP contribution in [-0.4, -0.2) is 36.7 Å². The van der Waals surface area contributed by atoms with E-state index in [1.807, 2.05) is 7.05 Å². The van der Waals surface area contributed by atoms with Crippen molar-refractivity contribution in [2.75, 3.05) is 30.9 Å². The number of aromatic nitrogens is 2. The van der Waals surface area contributed by atoms with Crippen LogP contribution >= 0.6 is 0 Å². The highest BCUT2D eigenvalue weighted by Crippen LogP contribution is 2.38. The first-order valence-corrected chi connectivity index (χ1v) is 7.00. The molecule has 1 aliphatic carbocycles. The molecule has 0 aromatic carbocycles. The average molecular weight is 264 g/mol. The number of anilines is 2. The smallest absolute Gasteiger partial charge is 0.204 e. The maximum absolute atomic E-state index is 5.50. The van der Waals surface area contributed by atoms with E-state index in [-0.39, 0.29) is 0 Å². The molecule has 0 saturated heterocycles. The molecule has 5 nitrogen and oxygen atoms in total. The Kier molecular flexibility index (Phi) is 4.45. The second kappa shape index (κ2) is 6.08. The highest BCUT2D eigenvalue weighted by molar-refractivity contribution is 5.65. The van der Waals surface area contributed by atoms with Crippen molar-refractivity contribution in [1.82, 2.24) is 9.97 Å². The van der Waals surface area contributed by atoms with Crippen LogP contribution in [0.5, 0.6) is 5.75 Å². The topological polar surface area (TPSA) is 50.3 Å². The lowest BCUT2D eigenvalue weighted by molar-refractivity contribution is 0.411. The molecular weight excluding hydrogens is 240 g/mol. The molecule has 1 fully saturated rings. The first-order valence-electron chi connectivity index (χ1n) is 7.00. The third kappa shape index (κ3) is 3.28. The Hall–Kier alpha value is -1.52. The van der Waals surface area contributed by atoms with E-state index < -0.39 is 0 Å². The number of hydrogen-bond acceptors (Lipinski definition) is 5. The van der Waals surface area contributed by atoms with E-state index in [4.69, 9.17) is 4.74 Å². The van der Waals surface area contributed by atoms with E-state index in [0.29, 0.717) is 12.0 Å². The molecule has 0 spiro atoms. The molecule has 1 aromatic heterocycles. The molecule has 0 bridgehead atoms. The van der Waals surface area contributed by atoms with Crippen LogP contribution in [0.2, 0.25) is 0 Å². The quantitative estimate of drug-likeness (QED) is 0.820. The third-order valence-electron chi connectivity index (χ3n) is 3.43. The van der Waals surface area contributed by atoms with E-state index in [0.717, 1.165) is 23.9 Å². The summed E-state index contributed by atoms with van der Waals surface area (Å²) in [5, 5.41) is 3.06. The van der Waals surface area contributed by atoms with Crippen molar-refractivity contribution in [1.29, 1.82) is 0 Å². The van der Waals surface area contributed by atoms with Crippen molar-refractivity contribution >= 4 is 11.6 Å². The summed E-state index contributed by atoms with van der Waals surface area (Å²) in [5.74, 6) is 3.12. The molecule has 0 aliphatic heterocycles. The minimum atomic E-state index is 0.618. The lowest BCUT2D eigenvalue weighted by atomic mass is 10.1. The van der Waals surface area contributed by atoms with Gasteiger partial charge in [-0.05, 0) is 25.2 Å². The summed E-state index contributed by atoms with van der Waals surface area (Å²) >= 11 is 0. The molecule has 1 N–H and O–H groups in total. The fourth-order valence-corrected chi connectivity index (χ4v) is 2.18. The number of hydrogen-bond donors (Lipinski definition) is 1. The standard InChI is InChI=1S/C14H24N4O/c1-10(2)7-8-18(11-5-6-11)14-12(19-4)13(15-3)16-9-17-14/h9-11H,5-8H2,1-4H3,(H,15,16,17). The SMILES string of the molecule is CNc1ncnc(N(CCC(C)C)C2CC2)c1OC. The minimum absolute atomic E-state index is 0.618. The molecular formula is C14H24N4O. The molecule has 19 heavy (non-hydrogen) atoms. The van der Waals surface area contributed by atoms with Crippen molar-refractivity contribution in [2.24, 2.45) is 5.92 Å². The largest absolute Gasteiger partial charge is 0.490 e. The fraction of sp³-hybridized carbons (Fsp3) is 0.714. The Morgan fingerprint density at radius 1 is 1.42 bits per heavy atom. The van der Waals surface area contributed by atoms with Crippen LogP contribution in [0.15, 0.2) is 6.33 Å². The summed E-state index contributed by atoms with van der Waals surface area (Å²) < 4.78 is 5.50. The second-order valence-electron chi connectivity index (χ2n) is 5.44. The predicted molar refractivity (Wildman–Crippen MR) is 78.0 cm³/mol. The number of ether oxygens (including phenoxy) is 1. The summed E-state index contributed by atoms with van der Waals surface area (Å²) in [6, 6.07) is 0.618. The zero-order valence-electron chi connectivity index (χ0n) is 12.3. The summed E-state index contributed by atoms with van der Waals surface area (Å²) in [4.78, 5) is 11.0. The molecule has 1 aliphatic rings. The molecule has 5 heteroatoms. The zero-order chi connectivity index (χ0) is 13.8. The number of rotatable bonds is 7. The Balaban J connectivity index is 2.25. The molecule has 1 aromatic rings. The van der Waals surface area contributed by atoms with Crippen LogP contribution in [0.1, 0.15) is 33.1 Å². The van der Waals surface area contributed by atoms with Gasteiger partial charge in [0.25, 0.3) is 0 Å². The van der Waals surface area contributed by atoms with E-state index in [1.54, 1.807) is 13.4 Å². The monoisotopic (exact) mass is 264 g/mol. The van der Waals surface area contributed by atoms with Crippen molar-refractivity contribution in [3.05, 3.63) is 6.33 Å². The van der Waals surface area contributed by atoms with Gasteiger partial charge in [0, 0.05) is 19.6 Å². The number of nitrogens with zero attached hydrogens (tertiary/aromatic N) is 3. The number of methoxy groups -OCH3 is 1. The minimum Gasteiger partial charge on any atom is -0.490 e. The Bertz CT molecular complexity index is 418. The molecule has 0 amide bonds. The first-order chi connectivity index (χ1) is 9.17. The second-order valence-corrected chi connectivity index (χ2v) is 5.44. The Morgan fingerprint density at radius 2 is 2.16 bits per heavy atom. The van der Waals surface area contributed by atoms with Crippen LogP contribution in [0.3, 0.4) is 0 Å².